The molecular formula is C94H137N19O34. The molecule has 0 saturated carbocycles. The van der Waals surface area contributed by atoms with Crippen LogP contribution in [-0.4, -0.2) is 378 Å². The molecule has 6 aliphatic heterocycles. The quantitative estimate of drug-likeness (QED) is 0.0128. The van der Waals surface area contributed by atoms with Crippen molar-refractivity contribution in [3.63, 3.8) is 0 Å². The van der Waals surface area contributed by atoms with Crippen LogP contribution in [0.15, 0.2) is 93.5 Å². The number of carbonyl (C=O) groups is 25. The van der Waals surface area contributed by atoms with E-state index < -0.39 is 70.9 Å². The molecule has 6 rings (SSSR count). The number of Topliss-reactive ketones (excluding diaryl/α,β-unsaturated/α-hetero) is 4. The van der Waals surface area contributed by atoms with E-state index in [1.165, 1.54) is 85.6 Å². The SMILES string of the molecule is CC(C)C(=O)CCOCCNC(=O)CCN1C(=O)C=CC1=O.CC(C)C(=O)CCOCCNC(=O)CONC(=O)CCN1C(=O)C=CC1=O.CC(C)C(=O)CON=CCNC(=O)CCN1C(=O)C=CC1=O.CC(C)C(=O)CON=CCNC(=O)CCOCCNC(=O)CCN1C(=O)C=CC1=O.CC(C)ON=CCNC(=O)CCN1C(=O)C=CC1=O.CC(C)ON=CCNC(=O)CCOCCNC(=O)CCN1C(=O)C=CC1=O. The number of ketones is 4. The van der Waals surface area contributed by atoms with Gasteiger partial charge in [0.2, 0.25) is 53.2 Å². The van der Waals surface area contributed by atoms with E-state index in [1.807, 2.05) is 55.4 Å². The molecule has 0 aliphatic carbocycles. The number of amides is 21. The second-order valence-electron chi connectivity index (χ2n) is 32.8. The number of carbonyl (C=O) groups excluding carboxylic acids is 25. The van der Waals surface area contributed by atoms with Crippen molar-refractivity contribution in [1.82, 2.24) is 77.4 Å². The summed E-state index contributed by atoms with van der Waals surface area (Å²) in [5.41, 5.74) is 2.06. The second kappa shape index (κ2) is 77.4. The van der Waals surface area contributed by atoms with Crippen LogP contribution in [0.3, 0.4) is 0 Å². The monoisotopic (exact) mass is 2080 g/mol. The first-order valence-corrected chi connectivity index (χ1v) is 47.2. The third-order valence-electron chi connectivity index (χ3n) is 18.9. The minimum Gasteiger partial charge on any atom is -0.393 e. The molecule has 0 aromatic carbocycles. The Balaban J connectivity index is 0.000000887. The van der Waals surface area contributed by atoms with Gasteiger partial charge in [-0.25, -0.2) is 5.48 Å². The summed E-state index contributed by atoms with van der Waals surface area (Å²) in [4.78, 5) is 315. The number of nitrogens with zero attached hydrogens (tertiary/aromatic N) is 10. The van der Waals surface area contributed by atoms with Crippen molar-refractivity contribution in [2.45, 2.75) is 160 Å². The van der Waals surface area contributed by atoms with E-state index in [0.717, 1.165) is 41.6 Å². The molecule has 0 aromatic heterocycles. The minimum atomic E-state index is -0.562. The van der Waals surface area contributed by atoms with Gasteiger partial charge in [-0.2, -0.15) is 0 Å². The summed E-state index contributed by atoms with van der Waals surface area (Å²) in [5, 5.41) is 35.1. The van der Waals surface area contributed by atoms with Crippen LogP contribution in [-0.2, 0) is 163 Å². The first-order valence-electron chi connectivity index (χ1n) is 47.2. The van der Waals surface area contributed by atoms with Gasteiger partial charge in [0.15, 0.2) is 31.4 Å². The normalized spacial score (nSPS) is 13.8. The zero-order valence-electron chi connectivity index (χ0n) is 84.8. The molecule has 21 amide bonds. The molecule has 0 bridgehead atoms. The van der Waals surface area contributed by atoms with Gasteiger partial charge in [-0.1, -0.05) is 76.0 Å². The van der Waals surface area contributed by atoms with Crippen LogP contribution in [0.5, 0.6) is 0 Å². The number of oxime groups is 4. The van der Waals surface area contributed by atoms with Crippen molar-refractivity contribution in [3.05, 3.63) is 72.9 Å². The highest BCUT2D eigenvalue weighted by molar-refractivity contribution is 6.16. The molecule has 6 heterocycles. The van der Waals surface area contributed by atoms with Crippen LogP contribution in [0.4, 0.5) is 0 Å². The standard InChI is InChI=1S/C19H28N4O7.C17H26N4O6.C17H25N3O7.C15H22N2O5.C14H19N3O5.C12H17N3O4/c1-14(2)15(24)13-30-22-8-7-20-17(26)6-11-29-12-9-21-16(25)5-10-23-18(27)3-4-19(23)28;1-13(2)27-20-8-7-18-15(23)6-11-26-12-9-19-14(22)5-10-21-16(24)3-4-17(21)25;1-12(2)13(21)6-9-26-10-7-18-15(23)11-27-19-14(22)5-8-20-16(24)3-4-17(20)25;1-11(2)12(18)6-9-22-10-7-16-13(19)5-8-17-14(20)3-4-15(17)21;1-10(2)11(18)9-22-16-7-6-15-12(19)5-8-17-13(20)3-4-14(17)21;1-9(2)19-14-7-6-13-10(16)5-8-15-11(17)3-4-12(15)18/h3-4,8,14H,5-7,9-13H2,1-2H3,(H,20,26)(H,21,25);3-4,8,13H,5-7,9-12H2,1-2H3,(H,18,23)(H,19,22);3-4,12H,5-11H2,1-2H3,(H,18,23)(H,19,22);3-4,11H,5-10H2,1-2H3,(H,16,19);3-4,7,10H,5-6,8-9H2,1-2H3,(H,15,19);3-4,7,9H,5-6,8H2,1-2H3,(H,13,16). The van der Waals surface area contributed by atoms with Gasteiger partial charge in [0.25, 0.3) is 70.9 Å². The fourth-order valence-corrected chi connectivity index (χ4v) is 10.6. The average molecular weight is 2080 g/mol. The lowest BCUT2D eigenvalue weighted by Gasteiger charge is -2.13. The van der Waals surface area contributed by atoms with E-state index in [4.69, 9.17) is 43.1 Å². The number of hydroxylamine groups is 1. The van der Waals surface area contributed by atoms with Crippen molar-refractivity contribution < 1.29 is 163 Å². The van der Waals surface area contributed by atoms with Crippen molar-refractivity contribution in [3.8, 4) is 0 Å². The Labute approximate surface area is 849 Å². The Morgan fingerprint density at radius 1 is 0.245 bits per heavy atom. The zero-order chi connectivity index (χ0) is 110. The van der Waals surface area contributed by atoms with Gasteiger partial charge in [0.1, 0.15) is 23.8 Å². The Hall–Kier alpha value is -15.1. The minimum absolute atomic E-state index is 0.00643. The summed E-state index contributed by atoms with van der Waals surface area (Å²) in [6.45, 7) is 25.4. The smallest absolute Gasteiger partial charge is 0.253 e. The first-order chi connectivity index (χ1) is 69.8. The Morgan fingerprint density at radius 3 is 0.680 bits per heavy atom. The number of rotatable bonds is 67. The van der Waals surface area contributed by atoms with Gasteiger partial charge >= 0.3 is 0 Å². The van der Waals surface area contributed by atoms with Crippen LogP contribution in [0.2, 0.25) is 0 Å². The summed E-state index contributed by atoms with van der Waals surface area (Å²) in [6, 6.07) is 0. The fourth-order valence-electron chi connectivity index (χ4n) is 10.6. The van der Waals surface area contributed by atoms with Crippen LogP contribution < -0.4 is 48.0 Å². The maximum atomic E-state index is 11.7. The molecular weight excluding hydrogens is 1940 g/mol. The third kappa shape index (κ3) is 63.6. The van der Waals surface area contributed by atoms with Gasteiger partial charge in [-0.05, 0) is 27.7 Å². The molecule has 812 valence electrons. The number of imide groups is 6. The summed E-state index contributed by atoms with van der Waals surface area (Å²) < 4.78 is 21.0. The molecule has 0 spiro atoms. The fraction of sp³-hybridized carbons (Fsp3) is 0.564. The Morgan fingerprint density at radius 2 is 0.449 bits per heavy atom. The molecule has 6 aliphatic rings. The van der Waals surface area contributed by atoms with Crippen LogP contribution in [0.25, 0.3) is 0 Å². The van der Waals surface area contributed by atoms with E-state index in [-0.39, 0.29) is 301 Å². The number of nitrogens with one attached hydrogen (secondary N) is 9. The van der Waals surface area contributed by atoms with E-state index >= 15 is 0 Å². The van der Waals surface area contributed by atoms with E-state index in [1.54, 1.807) is 27.7 Å². The Bertz CT molecular complexity index is 4650. The van der Waals surface area contributed by atoms with Crippen LogP contribution >= 0.6 is 0 Å². The van der Waals surface area contributed by atoms with E-state index in [0.29, 0.717) is 39.2 Å². The molecule has 0 aromatic rings. The van der Waals surface area contributed by atoms with Crippen molar-refractivity contribution in [2.75, 3.05) is 164 Å². The van der Waals surface area contributed by atoms with E-state index in [2.05, 4.69) is 68.6 Å². The Kier molecular flexibility index (Phi) is 68.4. The van der Waals surface area contributed by atoms with Crippen molar-refractivity contribution in [1.29, 1.82) is 0 Å². The summed E-state index contributed by atoms with van der Waals surface area (Å²) in [6.07, 6.45) is 20.7. The molecule has 0 atom stereocenters. The van der Waals surface area contributed by atoms with Crippen LogP contribution in [0, 0.1) is 23.7 Å². The van der Waals surface area contributed by atoms with Gasteiger partial charge < -0.3 is 80.8 Å². The third-order valence-corrected chi connectivity index (χ3v) is 18.9. The number of hydrogen-bond donors (Lipinski definition) is 9. The van der Waals surface area contributed by atoms with Gasteiger partial charge in [0, 0.05) is 226 Å². The lowest BCUT2D eigenvalue weighted by Crippen LogP contribution is -2.37. The summed E-state index contributed by atoms with van der Waals surface area (Å²) in [5.74, 6) is -7.92. The van der Waals surface area contributed by atoms with Crippen molar-refractivity contribution >= 4 is 172 Å². The van der Waals surface area contributed by atoms with Gasteiger partial charge in [-0.3, -0.25) is 154 Å². The number of ether oxygens (including phenoxy) is 4. The van der Waals surface area contributed by atoms with Crippen molar-refractivity contribution in [2.24, 2.45) is 44.3 Å². The molecule has 9 N–H and O–H groups in total. The molecule has 0 radical (unpaired) electrons. The van der Waals surface area contributed by atoms with E-state index in [9.17, 15) is 120 Å². The van der Waals surface area contributed by atoms with Gasteiger partial charge in [0.05, 0.1) is 104 Å². The zero-order valence-corrected chi connectivity index (χ0v) is 84.8. The molecule has 53 nitrogen and oxygen atoms in total. The first kappa shape index (κ1) is 130. The van der Waals surface area contributed by atoms with Gasteiger partial charge in [-0.15, -0.1) is 0 Å². The maximum Gasteiger partial charge on any atom is 0.253 e. The molecule has 0 unspecified atom stereocenters. The largest absolute Gasteiger partial charge is 0.393 e. The molecule has 0 fully saturated rings. The second-order valence-corrected chi connectivity index (χ2v) is 32.8. The number of hydrogen-bond acceptors (Lipinski definition) is 38. The highest BCUT2D eigenvalue weighted by atomic mass is 16.7. The molecule has 53 heteroatoms. The summed E-state index contributed by atoms with van der Waals surface area (Å²) in [7, 11) is 0. The topological polar surface area (TPSA) is 687 Å². The van der Waals surface area contributed by atoms with Crippen LogP contribution in [0.1, 0.15) is 147 Å². The predicted octanol–water partition coefficient (Wildman–Crippen LogP) is -2.86. The lowest BCUT2D eigenvalue weighted by molar-refractivity contribution is -0.142. The maximum absolute atomic E-state index is 11.7. The average Bonchev–Trinajstić information content (AvgIpc) is 1.77. The lowest BCUT2D eigenvalue weighted by atomic mass is 10.1. The molecule has 0 saturated heterocycles. The summed E-state index contributed by atoms with van der Waals surface area (Å²) >= 11 is 0. The highest BCUT2D eigenvalue weighted by Crippen LogP contribution is 2.11. The predicted molar refractivity (Wildman–Crippen MR) is 520 cm³/mol. The highest BCUT2D eigenvalue weighted by Gasteiger charge is 2.30. The molecule has 147 heavy (non-hydrogen) atoms.